The van der Waals surface area contributed by atoms with Crippen LogP contribution in [-0.2, 0) is 6.42 Å². The third-order valence-electron chi connectivity index (χ3n) is 2.53. The van der Waals surface area contributed by atoms with E-state index in [1.165, 1.54) is 0 Å². The lowest BCUT2D eigenvalue weighted by atomic mass is 10.1. The van der Waals surface area contributed by atoms with Crippen molar-refractivity contribution in [3.63, 3.8) is 0 Å². The smallest absolute Gasteiger partial charge is 0.119 e. The quantitative estimate of drug-likeness (QED) is 0.664. The van der Waals surface area contributed by atoms with Crippen LogP contribution in [0.5, 0.6) is 5.75 Å². The Hall–Kier alpha value is -1.06. The molecule has 0 heterocycles. The number of aliphatic hydroxyl groups excluding tert-OH is 1. The minimum absolute atomic E-state index is 0.165. The van der Waals surface area contributed by atoms with E-state index < -0.39 is 6.10 Å². The molecule has 3 nitrogen and oxygen atoms in total. The van der Waals surface area contributed by atoms with Crippen LogP contribution in [0, 0.1) is 0 Å². The molecule has 1 aliphatic carbocycles. The maximum atomic E-state index is 9.65. The van der Waals surface area contributed by atoms with Crippen molar-refractivity contribution in [2.24, 2.45) is 5.73 Å². The zero-order chi connectivity index (χ0) is 9.42. The summed E-state index contributed by atoms with van der Waals surface area (Å²) in [6.07, 6.45) is 0.217. The van der Waals surface area contributed by atoms with Crippen molar-refractivity contribution in [3.8, 4) is 5.75 Å². The van der Waals surface area contributed by atoms with Crippen molar-refractivity contribution < 1.29 is 9.84 Å². The van der Waals surface area contributed by atoms with E-state index in [0.717, 1.165) is 23.3 Å². The van der Waals surface area contributed by atoms with Gasteiger partial charge in [0.25, 0.3) is 0 Å². The molecule has 0 bridgehead atoms. The van der Waals surface area contributed by atoms with Gasteiger partial charge in [-0.05, 0) is 29.7 Å². The summed E-state index contributed by atoms with van der Waals surface area (Å²) in [5, 5.41) is 9.65. The van der Waals surface area contributed by atoms with Gasteiger partial charge in [-0.25, -0.2) is 0 Å². The summed E-state index contributed by atoms with van der Waals surface area (Å²) < 4.78 is 5.09. The van der Waals surface area contributed by atoms with Crippen LogP contribution in [0.15, 0.2) is 18.2 Å². The van der Waals surface area contributed by atoms with Gasteiger partial charge in [-0.2, -0.15) is 0 Å². The third-order valence-corrected chi connectivity index (χ3v) is 2.53. The lowest BCUT2D eigenvalue weighted by Gasteiger charge is -2.08. The van der Waals surface area contributed by atoms with E-state index in [9.17, 15) is 5.11 Å². The Morgan fingerprint density at radius 1 is 1.54 bits per heavy atom. The van der Waals surface area contributed by atoms with E-state index in [2.05, 4.69) is 0 Å². The number of rotatable bonds is 1. The lowest BCUT2D eigenvalue weighted by molar-refractivity contribution is 0.159. The molecule has 0 radical (unpaired) electrons. The van der Waals surface area contributed by atoms with Crippen LogP contribution in [0.4, 0.5) is 0 Å². The van der Waals surface area contributed by atoms with E-state index in [1.807, 2.05) is 18.2 Å². The molecule has 13 heavy (non-hydrogen) atoms. The van der Waals surface area contributed by atoms with E-state index in [4.69, 9.17) is 10.5 Å². The zero-order valence-corrected chi connectivity index (χ0v) is 7.53. The van der Waals surface area contributed by atoms with Crippen LogP contribution < -0.4 is 10.5 Å². The van der Waals surface area contributed by atoms with Gasteiger partial charge < -0.3 is 15.6 Å². The molecule has 70 valence electrons. The normalized spacial score (nSPS) is 25.8. The van der Waals surface area contributed by atoms with Crippen molar-refractivity contribution in [3.05, 3.63) is 29.3 Å². The fraction of sp³-hybridized carbons (Fsp3) is 0.400. The molecule has 1 aliphatic rings. The second kappa shape index (κ2) is 3.01. The van der Waals surface area contributed by atoms with Crippen LogP contribution in [0.25, 0.3) is 0 Å². The van der Waals surface area contributed by atoms with Crippen molar-refractivity contribution in [1.82, 2.24) is 0 Å². The molecule has 0 saturated carbocycles. The number of hydrogen-bond donors (Lipinski definition) is 2. The second-order valence-electron chi connectivity index (χ2n) is 3.38. The zero-order valence-electron chi connectivity index (χ0n) is 7.53. The number of hydrogen-bond acceptors (Lipinski definition) is 3. The van der Waals surface area contributed by atoms with E-state index in [1.54, 1.807) is 7.11 Å². The van der Waals surface area contributed by atoms with Crippen molar-refractivity contribution in [2.75, 3.05) is 7.11 Å². The summed E-state index contributed by atoms with van der Waals surface area (Å²) in [6.45, 7) is 0. The van der Waals surface area contributed by atoms with Gasteiger partial charge >= 0.3 is 0 Å². The number of ether oxygens (including phenoxy) is 1. The van der Waals surface area contributed by atoms with Gasteiger partial charge in [-0.3, -0.25) is 0 Å². The van der Waals surface area contributed by atoms with Crippen LogP contribution in [0.1, 0.15) is 17.2 Å². The Morgan fingerprint density at radius 2 is 2.31 bits per heavy atom. The molecule has 2 unspecified atom stereocenters. The Labute approximate surface area is 77.1 Å². The second-order valence-corrected chi connectivity index (χ2v) is 3.38. The molecular formula is C10H13NO2. The highest BCUT2D eigenvalue weighted by Crippen LogP contribution is 2.32. The number of aliphatic hydroxyl groups is 1. The molecule has 0 aromatic heterocycles. The SMILES string of the molecule is COc1ccc2c(c1)CC(N)C2O. The first-order chi connectivity index (χ1) is 6.22. The van der Waals surface area contributed by atoms with Gasteiger partial charge in [-0.15, -0.1) is 0 Å². The van der Waals surface area contributed by atoms with Gasteiger partial charge in [-0.1, -0.05) is 6.07 Å². The molecule has 1 aromatic carbocycles. The van der Waals surface area contributed by atoms with Crippen LogP contribution in [0.3, 0.4) is 0 Å². The Kier molecular flexibility index (Phi) is 1.98. The minimum atomic E-state index is -0.513. The standard InChI is InChI=1S/C10H13NO2/c1-13-7-2-3-8-6(4-7)5-9(11)10(8)12/h2-4,9-10,12H,5,11H2,1H3. The molecule has 1 aromatic rings. The molecule has 0 saturated heterocycles. The number of benzene rings is 1. The monoisotopic (exact) mass is 179 g/mol. The molecule has 0 aliphatic heterocycles. The molecule has 3 heteroatoms. The number of methoxy groups -OCH3 is 1. The van der Waals surface area contributed by atoms with E-state index >= 15 is 0 Å². The lowest BCUT2D eigenvalue weighted by Crippen LogP contribution is -2.24. The average Bonchev–Trinajstić information content (AvgIpc) is 2.42. The molecule has 2 rings (SSSR count). The molecule has 3 N–H and O–H groups in total. The molecular weight excluding hydrogens is 166 g/mol. The first-order valence-corrected chi connectivity index (χ1v) is 4.33. The maximum Gasteiger partial charge on any atom is 0.119 e. The van der Waals surface area contributed by atoms with E-state index in [-0.39, 0.29) is 6.04 Å². The van der Waals surface area contributed by atoms with Gasteiger partial charge in [0.2, 0.25) is 0 Å². The Morgan fingerprint density at radius 3 is 3.00 bits per heavy atom. The third kappa shape index (κ3) is 1.30. The van der Waals surface area contributed by atoms with E-state index in [0.29, 0.717) is 0 Å². The molecule has 2 atom stereocenters. The first-order valence-electron chi connectivity index (χ1n) is 4.33. The first kappa shape index (κ1) is 8.53. The fourth-order valence-electron chi connectivity index (χ4n) is 1.77. The maximum absolute atomic E-state index is 9.65. The predicted molar refractivity (Wildman–Crippen MR) is 49.6 cm³/mol. The van der Waals surface area contributed by atoms with Crippen molar-refractivity contribution in [2.45, 2.75) is 18.6 Å². The summed E-state index contributed by atoms with van der Waals surface area (Å²) in [5.41, 5.74) is 7.76. The summed E-state index contributed by atoms with van der Waals surface area (Å²) in [5.74, 6) is 0.819. The van der Waals surface area contributed by atoms with Gasteiger partial charge in [0, 0.05) is 6.04 Å². The highest BCUT2D eigenvalue weighted by Gasteiger charge is 2.27. The molecule has 0 amide bonds. The Bertz CT molecular complexity index is 325. The predicted octanol–water partition coefficient (Wildman–Crippen LogP) is 0.612. The topological polar surface area (TPSA) is 55.5 Å². The number of nitrogens with two attached hydrogens (primary N) is 1. The highest BCUT2D eigenvalue weighted by atomic mass is 16.5. The number of fused-ring (bicyclic) bond motifs is 1. The van der Waals surface area contributed by atoms with Crippen LogP contribution >= 0.6 is 0 Å². The minimum Gasteiger partial charge on any atom is -0.497 e. The Balaban J connectivity index is 2.40. The van der Waals surface area contributed by atoms with Crippen LogP contribution in [0.2, 0.25) is 0 Å². The average molecular weight is 179 g/mol. The summed E-state index contributed by atoms with van der Waals surface area (Å²) in [6, 6.07) is 5.50. The largest absolute Gasteiger partial charge is 0.497 e. The summed E-state index contributed by atoms with van der Waals surface area (Å²) in [4.78, 5) is 0. The molecule has 0 fully saturated rings. The molecule has 0 spiro atoms. The van der Waals surface area contributed by atoms with Gasteiger partial charge in [0.15, 0.2) is 0 Å². The van der Waals surface area contributed by atoms with Gasteiger partial charge in [0.1, 0.15) is 5.75 Å². The fourth-order valence-corrected chi connectivity index (χ4v) is 1.77. The van der Waals surface area contributed by atoms with Gasteiger partial charge in [0.05, 0.1) is 13.2 Å². The van der Waals surface area contributed by atoms with Crippen LogP contribution in [-0.4, -0.2) is 18.3 Å². The van der Waals surface area contributed by atoms with Crippen molar-refractivity contribution >= 4 is 0 Å². The highest BCUT2D eigenvalue weighted by molar-refractivity contribution is 5.41. The van der Waals surface area contributed by atoms with Crippen molar-refractivity contribution in [1.29, 1.82) is 0 Å². The summed E-state index contributed by atoms with van der Waals surface area (Å²) in [7, 11) is 1.63. The summed E-state index contributed by atoms with van der Waals surface area (Å²) >= 11 is 0.